The summed E-state index contributed by atoms with van der Waals surface area (Å²) < 4.78 is 0. The molecule has 0 aromatic carbocycles. The van der Waals surface area contributed by atoms with E-state index in [4.69, 9.17) is 0 Å². The predicted molar refractivity (Wildman–Crippen MR) is 90.3 cm³/mol. The van der Waals surface area contributed by atoms with Gasteiger partial charge in [-0.25, -0.2) is 11.1 Å². The van der Waals surface area contributed by atoms with Gasteiger partial charge in [0, 0.05) is 0 Å². The van der Waals surface area contributed by atoms with E-state index in [9.17, 15) is 0 Å². The van der Waals surface area contributed by atoms with Crippen molar-refractivity contribution in [1.82, 2.24) is 0 Å². The van der Waals surface area contributed by atoms with Crippen molar-refractivity contribution in [1.29, 1.82) is 0 Å². The van der Waals surface area contributed by atoms with Crippen molar-refractivity contribution in [2.45, 2.75) is 69.2 Å². The SMILES string of the molecule is CC1=[C-]C(C)(C)C(C)=C1C.CC1=[C-]C(C)(C)C(C)=C1C.[H-].[Lu+3]. The fraction of sp³-hybridized carbons (Fsp3) is 0.600. The van der Waals surface area contributed by atoms with Crippen molar-refractivity contribution in [2.75, 3.05) is 0 Å². The Morgan fingerprint density at radius 2 is 0.857 bits per heavy atom. The molecule has 0 aromatic rings. The Balaban J connectivity index is 0. The molecule has 21 heavy (non-hydrogen) atoms. The van der Waals surface area contributed by atoms with Crippen molar-refractivity contribution in [3.63, 3.8) is 0 Å². The van der Waals surface area contributed by atoms with E-state index in [0.717, 1.165) is 0 Å². The first-order valence-electron chi connectivity index (χ1n) is 7.50. The van der Waals surface area contributed by atoms with Gasteiger partial charge in [-0.15, -0.1) is 13.8 Å². The van der Waals surface area contributed by atoms with E-state index in [0.29, 0.717) is 0 Å². The normalized spacial score (nSPS) is 22.4. The van der Waals surface area contributed by atoms with Crippen LogP contribution in [0.25, 0.3) is 0 Å². The first kappa shape index (κ1) is 21.2. The first-order valence-corrected chi connectivity index (χ1v) is 7.50. The van der Waals surface area contributed by atoms with Crippen molar-refractivity contribution >= 4 is 0 Å². The van der Waals surface area contributed by atoms with Crippen LogP contribution in [0.4, 0.5) is 0 Å². The topological polar surface area (TPSA) is 0 Å². The summed E-state index contributed by atoms with van der Waals surface area (Å²) in [6, 6.07) is 0. The smallest absolute Gasteiger partial charge is 1.00 e. The number of allylic oxidation sites excluding steroid dienone is 8. The fourth-order valence-corrected chi connectivity index (χ4v) is 2.81. The van der Waals surface area contributed by atoms with Gasteiger partial charge in [0.25, 0.3) is 0 Å². The minimum absolute atomic E-state index is 0. The first-order chi connectivity index (χ1) is 8.90. The zero-order valence-corrected chi connectivity index (χ0v) is 16.9. The second-order valence-corrected chi connectivity index (χ2v) is 7.25. The van der Waals surface area contributed by atoms with Gasteiger partial charge in [-0.2, -0.15) is 22.3 Å². The Kier molecular flexibility index (Phi) is 7.24. The molecule has 0 heterocycles. The molecule has 0 aliphatic heterocycles. The minimum atomic E-state index is 0. The summed E-state index contributed by atoms with van der Waals surface area (Å²) in [4.78, 5) is 0. The van der Waals surface area contributed by atoms with Crippen molar-refractivity contribution in [2.24, 2.45) is 10.8 Å². The molecule has 0 saturated heterocycles. The Labute approximate surface area is 163 Å². The van der Waals surface area contributed by atoms with Crippen LogP contribution >= 0.6 is 0 Å². The third-order valence-corrected chi connectivity index (χ3v) is 5.12. The fourth-order valence-electron chi connectivity index (χ4n) is 2.81. The average Bonchev–Trinajstić information content (AvgIpc) is 2.60. The quantitative estimate of drug-likeness (QED) is 0.381. The summed E-state index contributed by atoms with van der Waals surface area (Å²) in [7, 11) is 0. The van der Waals surface area contributed by atoms with Gasteiger partial charge >= 0.3 is 36.9 Å². The maximum absolute atomic E-state index is 3.44. The van der Waals surface area contributed by atoms with Gasteiger partial charge in [-0.3, -0.25) is 12.2 Å². The van der Waals surface area contributed by atoms with Crippen LogP contribution in [-0.4, -0.2) is 0 Å². The average molecular weight is 446 g/mol. The molecule has 0 fully saturated rings. The summed E-state index contributed by atoms with van der Waals surface area (Å²) in [5.74, 6) is 0. The molecule has 2 rings (SSSR count). The predicted octanol–water partition coefficient (Wildman–Crippen LogP) is 6.34. The molecule has 0 N–H and O–H groups in total. The van der Waals surface area contributed by atoms with Crippen molar-refractivity contribution in [3.8, 4) is 0 Å². The van der Waals surface area contributed by atoms with Crippen LogP contribution < -0.4 is 0 Å². The Hall–Kier alpha value is 0.194. The van der Waals surface area contributed by atoms with Crippen LogP contribution in [0.15, 0.2) is 33.4 Å². The van der Waals surface area contributed by atoms with Gasteiger partial charge in [0.1, 0.15) is 0 Å². The van der Waals surface area contributed by atoms with Crippen LogP contribution in [0.3, 0.4) is 0 Å². The molecular formula is C20H31Lu. The van der Waals surface area contributed by atoms with Gasteiger partial charge in [0.15, 0.2) is 0 Å². The van der Waals surface area contributed by atoms with E-state index in [-0.39, 0.29) is 49.1 Å². The second kappa shape index (κ2) is 7.18. The summed E-state index contributed by atoms with van der Waals surface area (Å²) >= 11 is 0. The van der Waals surface area contributed by atoms with Crippen LogP contribution in [0, 0.1) is 59.9 Å². The summed E-state index contributed by atoms with van der Waals surface area (Å²) in [6.45, 7) is 21.8. The van der Waals surface area contributed by atoms with Gasteiger partial charge in [0.2, 0.25) is 0 Å². The van der Waals surface area contributed by atoms with Crippen molar-refractivity contribution in [3.05, 3.63) is 45.6 Å². The van der Waals surface area contributed by atoms with Gasteiger partial charge in [-0.05, 0) is 0 Å². The maximum Gasteiger partial charge on any atom is 3.00 e. The monoisotopic (exact) mass is 446 g/mol. The van der Waals surface area contributed by atoms with E-state index in [1.807, 2.05) is 0 Å². The van der Waals surface area contributed by atoms with Crippen molar-refractivity contribution < 1.29 is 38.3 Å². The molecule has 0 unspecified atom stereocenters. The zero-order chi connectivity index (χ0) is 15.9. The Bertz CT molecular complexity index is 490. The third-order valence-electron chi connectivity index (χ3n) is 5.12. The summed E-state index contributed by atoms with van der Waals surface area (Å²) in [5.41, 5.74) is 8.79. The molecule has 126 valence electrons. The third kappa shape index (κ3) is 4.58. The van der Waals surface area contributed by atoms with E-state index in [1.165, 1.54) is 33.4 Å². The Morgan fingerprint density at radius 3 is 0.905 bits per heavy atom. The number of hydrogen-bond donors (Lipinski definition) is 0. The second-order valence-electron chi connectivity index (χ2n) is 7.25. The standard InChI is InChI=1S/2C10H15.Lu.H/c2*1-7-6-10(4,5)9(3)8(7)2;;/h2*1-5H3;;/q2*-1;+3;-1. The molecule has 1 heteroatoms. The largest absolute Gasteiger partial charge is 3.00 e. The molecular weight excluding hydrogens is 415 g/mol. The maximum atomic E-state index is 3.44. The molecule has 0 bridgehead atoms. The minimum Gasteiger partial charge on any atom is -1.00 e. The molecule has 0 spiro atoms. The van der Waals surface area contributed by atoms with Crippen LogP contribution in [-0.2, 0) is 0 Å². The molecule has 0 aromatic heterocycles. The number of rotatable bonds is 0. The molecule has 0 amide bonds. The molecule has 0 nitrogen and oxygen atoms in total. The van der Waals surface area contributed by atoms with E-state index < -0.39 is 0 Å². The van der Waals surface area contributed by atoms with E-state index in [1.54, 1.807) is 0 Å². The summed E-state index contributed by atoms with van der Waals surface area (Å²) in [5, 5.41) is 0. The van der Waals surface area contributed by atoms with Crippen LogP contribution in [0.5, 0.6) is 0 Å². The molecule has 0 radical (unpaired) electrons. The molecule has 2 aliphatic carbocycles. The molecule has 2 aliphatic rings. The Morgan fingerprint density at radius 1 is 0.619 bits per heavy atom. The molecule has 0 atom stereocenters. The number of hydrogen-bond acceptors (Lipinski definition) is 0. The van der Waals surface area contributed by atoms with E-state index in [2.05, 4.69) is 81.4 Å². The van der Waals surface area contributed by atoms with Gasteiger partial charge < -0.3 is 1.43 Å². The van der Waals surface area contributed by atoms with Gasteiger partial charge in [0.05, 0.1) is 0 Å². The molecule has 0 saturated carbocycles. The van der Waals surface area contributed by atoms with Crippen LogP contribution in [0.1, 0.15) is 70.7 Å². The van der Waals surface area contributed by atoms with Crippen LogP contribution in [0.2, 0.25) is 0 Å². The zero-order valence-electron chi connectivity index (χ0n) is 16.3. The summed E-state index contributed by atoms with van der Waals surface area (Å²) in [6.07, 6.45) is 6.87. The van der Waals surface area contributed by atoms with E-state index >= 15 is 0 Å². The van der Waals surface area contributed by atoms with Gasteiger partial charge in [-0.1, -0.05) is 66.2 Å².